The van der Waals surface area contributed by atoms with Crippen LogP contribution in [0.2, 0.25) is 5.15 Å². The van der Waals surface area contributed by atoms with Crippen LogP contribution in [0.15, 0.2) is 11.2 Å². The molecule has 0 radical (unpaired) electrons. The van der Waals surface area contributed by atoms with E-state index >= 15 is 0 Å². The van der Waals surface area contributed by atoms with Gasteiger partial charge in [0.2, 0.25) is 0 Å². The van der Waals surface area contributed by atoms with E-state index in [1.165, 1.54) is 30.8 Å². The fourth-order valence-corrected chi connectivity index (χ4v) is 4.99. The molecule has 6 heteroatoms. The normalized spacial score (nSPS) is 16.1. The minimum Gasteiger partial charge on any atom is -0.303 e. The van der Waals surface area contributed by atoms with Crippen LogP contribution in [0.1, 0.15) is 31.1 Å². The number of likely N-dealkylation sites (tertiary alicyclic amines) is 1. The molecular weight excluding hydrogens is 322 g/mol. The Morgan fingerprint density at radius 1 is 1.33 bits per heavy atom. The van der Waals surface area contributed by atoms with Crippen molar-refractivity contribution >= 4 is 44.9 Å². The van der Waals surface area contributed by atoms with Gasteiger partial charge in [-0.3, -0.25) is 0 Å². The van der Waals surface area contributed by atoms with Crippen molar-refractivity contribution in [3.05, 3.63) is 16.1 Å². The number of aromatic nitrogens is 2. The highest BCUT2D eigenvalue weighted by Gasteiger charge is 2.13. The summed E-state index contributed by atoms with van der Waals surface area (Å²) in [6.45, 7) is 5.80. The Morgan fingerprint density at radius 3 is 2.90 bits per heavy atom. The second-order valence-corrected chi connectivity index (χ2v) is 7.91. The smallest absolute Gasteiger partial charge is 0.190 e. The molecule has 0 spiro atoms. The molecule has 0 aliphatic carbocycles. The lowest BCUT2D eigenvalue weighted by molar-refractivity contribution is 0.362. The standard InChI is InChI=1S/C15H20ClN3S2/c1-2-5-11-10-12-13(16)17-15(18-14(12)21-11)20-9-8-19-6-3-4-7-19/h10H,2-9H2,1H3. The van der Waals surface area contributed by atoms with Gasteiger partial charge in [0.1, 0.15) is 9.98 Å². The molecule has 0 bridgehead atoms. The maximum absolute atomic E-state index is 6.31. The third kappa shape index (κ3) is 3.89. The summed E-state index contributed by atoms with van der Waals surface area (Å²) < 4.78 is 0. The Bertz CT molecular complexity index is 608. The van der Waals surface area contributed by atoms with Crippen molar-refractivity contribution < 1.29 is 0 Å². The van der Waals surface area contributed by atoms with Crippen molar-refractivity contribution in [1.29, 1.82) is 0 Å². The molecule has 3 heterocycles. The van der Waals surface area contributed by atoms with E-state index in [-0.39, 0.29) is 0 Å². The van der Waals surface area contributed by atoms with Crippen molar-refractivity contribution in [2.24, 2.45) is 0 Å². The highest BCUT2D eigenvalue weighted by Crippen LogP contribution is 2.31. The lowest BCUT2D eigenvalue weighted by Gasteiger charge is -2.13. The van der Waals surface area contributed by atoms with Crippen LogP contribution >= 0.6 is 34.7 Å². The van der Waals surface area contributed by atoms with Crippen LogP contribution in [0.25, 0.3) is 10.2 Å². The molecule has 2 aromatic rings. The summed E-state index contributed by atoms with van der Waals surface area (Å²) in [6.07, 6.45) is 4.92. The number of thioether (sulfide) groups is 1. The van der Waals surface area contributed by atoms with E-state index < -0.39 is 0 Å². The first kappa shape index (κ1) is 15.5. The molecule has 3 rings (SSSR count). The summed E-state index contributed by atoms with van der Waals surface area (Å²) in [5, 5.41) is 2.42. The van der Waals surface area contributed by atoms with Crippen LogP contribution in [0.5, 0.6) is 0 Å². The summed E-state index contributed by atoms with van der Waals surface area (Å²) in [6, 6.07) is 2.14. The topological polar surface area (TPSA) is 29.0 Å². The van der Waals surface area contributed by atoms with Crippen LogP contribution in [0.4, 0.5) is 0 Å². The van der Waals surface area contributed by atoms with E-state index in [4.69, 9.17) is 11.6 Å². The van der Waals surface area contributed by atoms with Crippen molar-refractivity contribution in [2.45, 2.75) is 37.8 Å². The van der Waals surface area contributed by atoms with Crippen molar-refractivity contribution in [3.63, 3.8) is 0 Å². The first-order valence-corrected chi connectivity index (χ1v) is 9.75. The maximum Gasteiger partial charge on any atom is 0.190 e. The number of aryl methyl sites for hydroxylation is 1. The van der Waals surface area contributed by atoms with E-state index in [9.17, 15) is 0 Å². The second kappa shape index (κ2) is 7.27. The zero-order valence-electron chi connectivity index (χ0n) is 12.3. The first-order valence-electron chi connectivity index (χ1n) is 7.57. The zero-order valence-corrected chi connectivity index (χ0v) is 14.7. The molecule has 0 amide bonds. The van der Waals surface area contributed by atoms with E-state index in [0.717, 1.165) is 40.5 Å². The minimum absolute atomic E-state index is 0.599. The van der Waals surface area contributed by atoms with E-state index in [1.54, 1.807) is 23.1 Å². The Balaban J connectivity index is 1.67. The summed E-state index contributed by atoms with van der Waals surface area (Å²) in [5.74, 6) is 1.04. The lowest BCUT2D eigenvalue weighted by atomic mass is 10.3. The first-order chi connectivity index (χ1) is 10.3. The summed E-state index contributed by atoms with van der Waals surface area (Å²) in [5.41, 5.74) is 0. The maximum atomic E-state index is 6.31. The minimum atomic E-state index is 0.599. The Kier molecular flexibility index (Phi) is 5.38. The highest BCUT2D eigenvalue weighted by molar-refractivity contribution is 7.99. The van der Waals surface area contributed by atoms with Gasteiger partial charge in [0.05, 0.1) is 0 Å². The Labute approximate surface area is 139 Å². The summed E-state index contributed by atoms with van der Waals surface area (Å²) in [4.78, 5) is 14.0. The monoisotopic (exact) mass is 341 g/mol. The van der Waals surface area contributed by atoms with Gasteiger partial charge in [0.25, 0.3) is 0 Å². The molecule has 1 aliphatic heterocycles. The van der Waals surface area contributed by atoms with Crippen LogP contribution in [0.3, 0.4) is 0 Å². The molecule has 0 aromatic carbocycles. The zero-order chi connectivity index (χ0) is 14.7. The van der Waals surface area contributed by atoms with Gasteiger partial charge in [-0.2, -0.15) is 0 Å². The van der Waals surface area contributed by atoms with Gasteiger partial charge < -0.3 is 4.90 Å². The van der Waals surface area contributed by atoms with Crippen LogP contribution in [-0.2, 0) is 6.42 Å². The van der Waals surface area contributed by atoms with Gasteiger partial charge in [-0.25, -0.2) is 9.97 Å². The largest absolute Gasteiger partial charge is 0.303 e. The van der Waals surface area contributed by atoms with Gasteiger partial charge in [0.15, 0.2) is 5.16 Å². The quantitative estimate of drug-likeness (QED) is 0.440. The molecule has 3 nitrogen and oxygen atoms in total. The molecule has 0 atom stereocenters. The number of rotatable bonds is 6. The number of nitrogens with zero attached hydrogens (tertiary/aromatic N) is 3. The van der Waals surface area contributed by atoms with Gasteiger partial charge in [0, 0.05) is 22.6 Å². The molecule has 21 heavy (non-hydrogen) atoms. The van der Waals surface area contributed by atoms with Crippen LogP contribution in [-0.4, -0.2) is 40.3 Å². The molecule has 1 saturated heterocycles. The molecular formula is C15H20ClN3S2. The summed E-state index contributed by atoms with van der Waals surface area (Å²) >= 11 is 9.78. The van der Waals surface area contributed by atoms with E-state index in [1.807, 2.05) is 0 Å². The fraction of sp³-hybridized carbons (Fsp3) is 0.600. The summed E-state index contributed by atoms with van der Waals surface area (Å²) in [7, 11) is 0. The number of thiophene rings is 1. The number of fused-ring (bicyclic) bond motifs is 1. The SMILES string of the molecule is CCCc1cc2c(Cl)nc(SCCN3CCCC3)nc2s1. The van der Waals surface area contributed by atoms with Gasteiger partial charge >= 0.3 is 0 Å². The predicted octanol–water partition coefficient (Wildman–Crippen LogP) is 4.49. The van der Waals surface area contributed by atoms with Gasteiger partial charge in [-0.15, -0.1) is 11.3 Å². The molecule has 2 aromatic heterocycles. The highest BCUT2D eigenvalue weighted by atomic mass is 35.5. The average molecular weight is 342 g/mol. The Hall–Kier alpha value is -0.360. The number of hydrogen-bond acceptors (Lipinski definition) is 5. The molecule has 1 fully saturated rings. The third-order valence-corrected chi connectivity index (χ3v) is 5.91. The molecule has 0 N–H and O–H groups in total. The van der Waals surface area contributed by atoms with Crippen molar-refractivity contribution in [1.82, 2.24) is 14.9 Å². The lowest BCUT2D eigenvalue weighted by Crippen LogP contribution is -2.21. The molecule has 0 saturated carbocycles. The third-order valence-electron chi connectivity index (χ3n) is 3.71. The van der Waals surface area contributed by atoms with Crippen molar-refractivity contribution in [2.75, 3.05) is 25.4 Å². The Morgan fingerprint density at radius 2 is 2.14 bits per heavy atom. The molecule has 1 aliphatic rings. The number of hydrogen-bond donors (Lipinski definition) is 0. The molecule has 114 valence electrons. The number of halogens is 1. The van der Waals surface area contributed by atoms with E-state index in [0.29, 0.717) is 5.15 Å². The van der Waals surface area contributed by atoms with Crippen LogP contribution in [0, 0.1) is 0 Å². The van der Waals surface area contributed by atoms with E-state index in [2.05, 4.69) is 27.9 Å². The predicted molar refractivity (Wildman–Crippen MR) is 92.8 cm³/mol. The fourth-order valence-electron chi connectivity index (χ4n) is 2.62. The van der Waals surface area contributed by atoms with Gasteiger partial charge in [-0.1, -0.05) is 36.7 Å². The average Bonchev–Trinajstić information content (AvgIpc) is 3.08. The van der Waals surface area contributed by atoms with Crippen LogP contribution < -0.4 is 0 Å². The second-order valence-electron chi connectivity index (χ2n) is 5.38. The molecule has 0 unspecified atom stereocenters. The van der Waals surface area contributed by atoms with Crippen molar-refractivity contribution in [3.8, 4) is 0 Å². The van der Waals surface area contributed by atoms with Gasteiger partial charge in [-0.05, 0) is 38.4 Å².